The quantitative estimate of drug-likeness (QED) is 0.756. The molecule has 14 heavy (non-hydrogen) atoms. The molecular formula is C8H6F3N3. The summed E-state index contributed by atoms with van der Waals surface area (Å²) in [4.78, 5) is 3.27. The van der Waals surface area contributed by atoms with E-state index in [0.29, 0.717) is 0 Å². The lowest BCUT2D eigenvalue weighted by molar-refractivity contribution is -0.141. The van der Waals surface area contributed by atoms with Gasteiger partial charge in [0.15, 0.2) is 0 Å². The van der Waals surface area contributed by atoms with Crippen LogP contribution in [-0.4, -0.2) is 12.0 Å². The number of nitrogens with zero attached hydrogens (tertiary/aromatic N) is 2. The Kier molecular flexibility index (Phi) is 2.60. The van der Waals surface area contributed by atoms with Crippen molar-refractivity contribution >= 4 is 5.82 Å². The molecule has 0 unspecified atom stereocenters. The fourth-order valence-corrected chi connectivity index (χ4v) is 0.898. The van der Waals surface area contributed by atoms with Crippen LogP contribution in [0.15, 0.2) is 12.1 Å². The summed E-state index contributed by atoms with van der Waals surface area (Å²) in [6.07, 6.45) is -4.49. The molecule has 0 fully saturated rings. The number of rotatable bonds is 1. The second kappa shape index (κ2) is 3.54. The fourth-order valence-electron chi connectivity index (χ4n) is 0.898. The molecule has 0 saturated carbocycles. The molecule has 0 spiro atoms. The molecule has 1 N–H and O–H groups in total. The normalized spacial score (nSPS) is 10.8. The third kappa shape index (κ3) is 1.93. The Bertz CT molecular complexity index is 378. The lowest BCUT2D eigenvalue weighted by Crippen LogP contribution is -2.10. The smallest absolute Gasteiger partial charge is 0.372 e. The number of nitriles is 1. The number of nitrogens with one attached hydrogen (secondary N) is 1. The van der Waals surface area contributed by atoms with Crippen molar-refractivity contribution in [3.05, 3.63) is 23.4 Å². The SMILES string of the molecule is CNc1nc(C(F)(F)F)ccc1C#N. The molecule has 0 aliphatic heterocycles. The molecule has 0 aromatic carbocycles. The minimum absolute atomic E-state index is 0.0673. The average Bonchev–Trinajstić information content (AvgIpc) is 2.15. The van der Waals surface area contributed by atoms with Crippen molar-refractivity contribution < 1.29 is 13.2 Å². The topological polar surface area (TPSA) is 48.7 Å². The summed E-state index contributed by atoms with van der Waals surface area (Å²) in [5, 5.41) is 11.0. The molecule has 1 aromatic rings. The number of aromatic nitrogens is 1. The van der Waals surface area contributed by atoms with Gasteiger partial charge in [0.05, 0.1) is 5.56 Å². The Morgan fingerprint density at radius 2 is 2.07 bits per heavy atom. The van der Waals surface area contributed by atoms with E-state index in [-0.39, 0.29) is 11.4 Å². The Balaban J connectivity index is 3.23. The highest BCUT2D eigenvalue weighted by atomic mass is 19.4. The zero-order valence-corrected chi connectivity index (χ0v) is 7.18. The van der Waals surface area contributed by atoms with Crippen LogP contribution in [0.1, 0.15) is 11.3 Å². The summed E-state index contributed by atoms with van der Waals surface area (Å²) >= 11 is 0. The molecular weight excluding hydrogens is 195 g/mol. The van der Waals surface area contributed by atoms with Gasteiger partial charge in [0.2, 0.25) is 0 Å². The van der Waals surface area contributed by atoms with Gasteiger partial charge in [-0.25, -0.2) is 4.98 Å². The molecule has 1 heterocycles. The summed E-state index contributed by atoms with van der Waals surface area (Å²) in [5.41, 5.74) is -0.929. The van der Waals surface area contributed by atoms with Gasteiger partial charge in [-0.05, 0) is 12.1 Å². The van der Waals surface area contributed by atoms with Gasteiger partial charge >= 0.3 is 6.18 Å². The van der Waals surface area contributed by atoms with Crippen molar-refractivity contribution in [2.75, 3.05) is 12.4 Å². The van der Waals surface area contributed by atoms with Gasteiger partial charge in [-0.1, -0.05) is 0 Å². The second-order valence-corrected chi connectivity index (χ2v) is 2.45. The van der Waals surface area contributed by atoms with Crippen molar-refractivity contribution in [2.24, 2.45) is 0 Å². The minimum Gasteiger partial charge on any atom is -0.372 e. The van der Waals surface area contributed by atoms with E-state index in [4.69, 9.17) is 5.26 Å². The van der Waals surface area contributed by atoms with E-state index in [2.05, 4.69) is 10.3 Å². The molecule has 0 amide bonds. The minimum atomic E-state index is -4.49. The molecule has 0 aliphatic carbocycles. The van der Waals surface area contributed by atoms with Crippen LogP contribution in [0.5, 0.6) is 0 Å². The maximum absolute atomic E-state index is 12.2. The average molecular weight is 201 g/mol. The Morgan fingerprint density at radius 1 is 1.43 bits per heavy atom. The summed E-state index contributed by atoms with van der Waals surface area (Å²) in [6, 6.07) is 3.59. The van der Waals surface area contributed by atoms with E-state index in [9.17, 15) is 13.2 Å². The number of hydrogen-bond acceptors (Lipinski definition) is 3. The number of halogens is 3. The van der Waals surface area contributed by atoms with E-state index >= 15 is 0 Å². The lowest BCUT2D eigenvalue weighted by atomic mass is 10.2. The summed E-state index contributed by atoms with van der Waals surface area (Å²) < 4.78 is 36.5. The zero-order valence-electron chi connectivity index (χ0n) is 7.18. The summed E-state index contributed by atoms with van der Waals surface area (Å²) in [6.45, 7) is 0. The van der Waals surface area contributed by atoms with Gasteiger partial charge in [0, 0.05) is 7.05 Å². The van der Waals surface area contributed by atoms with E-state index in [0.717, 1.165) is 12.1 Å². The highest BCUT2D eigenvalue weighted by molar-refractivity contribution is 5.51. The first-order chi connectivity index (χ1) is 6.49. The molecule has 3 nitrogen and oxygen atoms in total. The van der Waals surface area contributed by atoms with Gasteiger partial charge in [0.25, 0.3) is 0 Å². The Morgan fingerprint density at radius 3 is 2.50 bits per heavy atom. The van der Waals surface area contributed by atoms with Crippen molar-refractivity contribution in [3.8, 4) is 6.07 Å². The maximum atomic E-state index is 12.2. The summed E-state index contributed by atoms with van der Waals surface area (Å²) in [7, 11) is 1.41. The van der Waals surface area contributed by atoms with Gasteiger partial charge in [-0.3, -0.25) is 0 Å². The molecule has 0 saturated heterocycles. The molecule has 74 valence electrons. The first-order valence-electron chi connectivity index (χ1n) is 3.65. The van der Waals surface area contributed by atoms with Crippen LogP contribution in [0.2, 0.25) is 0 Å². The third-order valence-electron chi connectivity index (χ3n) is 1.54. The van der Waals surface area contributed by atoms with Crippen LogP contribution in [0.25, 0.3) is 0 Å². The van der Waals surface area contributed by atoms with E-state index in [1.807, 2.05) is 0 Å². The predicted molar refractivity (Wildman–Crippen MR) is 43.5 cm³/mol. The van der Waals surface area contributed by atoms with Gasteiger partial charge in [-0.2, -0.15) is 18.4 Å². The molecule has 1 aromatic heterocycles. The molecule has 1 rings (SSSR count). The molecule has 0 atom stereocenters. The Hall–Kier alpha value is -1.77. The van der Waals surface area contributed by atoms with Crippen LogP contribution < -0.4 is 5.32 Å². The van der Waals surface area contributed by atoms with Crippen LogP contribution >= 0.6 is 0 Å². The zero-order chi connectivity index (χ0) is 10.8. The van der Waals surface area contributed by atoms with Crippen LogP contribution in [0.4, 0.5) is 19.0 Å². The van der Waals surface area contributed by atoms with E-state index < -0.39 is 11.9 Å². The van der Waals surface area contributed by atoms with Crippen LogP contribution in [0, 0.1) is 11.3 Å². The lowest BCUT2D eigenvalue weighted by Gasteiger charge is -2.08. The van der Waals surface area contributed by atoms with E-state index in [1.165, 1.54) is 7.05 Å². The largest absolute Gasteiger partial charge is 0.433 e. The van der Waals surface area contributed by atoms with Crippen molar-refractivity contribution in [3.63, 3.8) is 0 Å². The standard InChI is InChI=1S/C8H6F3N3/c1-13-7-5(4-12)2-3-6(14-7)8(9,10)11/h2-3H,1H3,(H,13,14). The van der Waals surface area contributed by atoms with E-state index in [1.54, 1.807) is 6.07 Å². The molecule has 0 aliphatic rings. The Labute approximate surface area is 78.2 Å². The third-order valence-corrected chi connectivity index (χ3v) is 1.54. The molecule has 0 radical (unpaired) electrons. The van der Waals surface area contributed by atoms with Crippen molar-refractivity contribution in [1.29, 1.82) is 5.26 Å². The predicted octanol–water partition coefficient (Wildman–Crippen LogP) is 2.01. The fraction of sp³-hybridized carbons (Fsp3) is 0.250. The first kappa shape index (κ1) is 10.3. The molecule has 0 bridgehead atoms. The van der Waals surface area contributed by atoms with Crippen molar-refractivity contribution in [1.82, 2.24) is 4.98 Å². The van der Waals surface area contributed by atoms with Gasteiger partial charge in [-0.15, -0.1) is 0 Å². The second-order valence-electron chi connectivity index (χ2n) is 2.45. The number of alkyl halides is 3. The first-order valence-corrected chi connectivity index (χ1v) is 3.65. The maximum Gasteiger partial charge on any atom is 0.433 e. The van der Waals surface area contributed by atoms with Gasteiger partial charge in [0.1, 0.15) is 17.6 Å². The number of hydrogen-bond donors (Lipinski definition) is 1. The number of anilines is 1. The van der Waals surface area contributed by atoms with Crippen LogP contribution in [0.3, 0.4) is 0 Å². The van der Waals surface area contributed by atoms with Crippen molar-refractivity contribution in [2.45, 2.75) is 6.18 Å². The highest BCUT2D eigenvalue weighted by Crippen LogP contribution is 2.29. The van der Waals surface area contributed by atoms with Gasteiger partial charge < -0.3 is 5.32 Å². The monoisotopic (exact) mass is 201 g/mol. The highest BCUT2D eigenvalue weighted by Gasteiger charge is 2.32. The molecule has 6 heteroatoms. The summed E-state index contributed by atoms with van der Waals surface area (Å²) in [5.74, 6) is -0.0673. The number of pyridine rings is 1. The van der Waals surface area contributed by atoms with Crippen LogP contribution in [-0.2, 0) is 6.18 Å².